The summed E-state index contributed by atoms with van der Waals surface area (Å²) < 4.78 is 6.26. The Kier molecular flexibility index (Phi) is 5.84. The molecule has 1 aliphatic carbocycles. The molecule has 3 aromatic rings. The first-order valence-electron chi connectivity index (χ1n) is 10.5. The monoisotopic (exact) mass is 455 g/mol. The summed E-state index contributed by atoms with van der Waals surface area (Å²) in [4.78, 5) is 25.7. The fourth-order valence-corrected chi connectivity index (χ4v) is 5.08. The molecule has 31 heavy (non-hydrogen) atoms. The molecule has 1 aliphatic rings. The molecule has 1 fully saturated rings. The number of carbonyl (C=O) groups excluding carboxylic acids is 2. The number of benzene rings is 2. The van der Waals surface area contributed by atoms with Gasteiger partial charge in [-0.05, 0) is 54.0 Å². The first-order valence-corrected chi connectivity index (χ1v) is 11.7. The zero-order valence-corrected chi connectivity index (χ0v) is 19.7. The van der Waals surface area contributed by atoms with Gasteiger partial charge in [0.2, 0.25) is 5.91 Å². The minimum Gasteiger partial charge on any atom is -0.462 e. The molecule has 4 nitrogen and oxygen atoms in total. The van der Waals surface area contributed by atoms with E-state index in [1.807, 2.05) is 36.4 Å². The van der Waals surface area contributed by atoms with Gasteiger partial charge in [0.05, 0.1) is 6.61 Å². The lowest BCUT2D eigenvalue weighted by molar-refractivity contribution is -0.117. The van der Waals surface area contributed by atoms with E-state index in [0.717, 1.165) is 22.1 Å². The second kappa shape index (κ2) is 8.29. The lowest BCUT2D eigenvalue weighted by Gasteiger charge is -2.18. The van der Waals surface area contributed by atoms with Gasteiger partial charge in [0.1, 0.15) is 10.6 Å². The van der Waals surface area contributed by atoms with Crippen LogP contribution >= 0.6 is 22.9 Å². The number of ether oxygens (including phenoxy) is 1. The van der Waals surface area contributed by atoms with Gasteiger partial charge in [0.15, 0.2) is 0 Å². The summed E-state index contributed by atoms with van der Waals surface area (Å²) in [6.07, 6.45) is 0.793. The minimum absolute atomic E-state index is 0.00844. The standard InChI is InChI=1S/C25H26ClNO3S/c1-5-30-24(29)21-17-11-8-15(25(2,3)4)12-20(17)31-23(21)27-22(28)19-13-18(19)14-6-9-16(26)10-7-14/h6-12,18-19H,5,13H2,1-4H3,(H,27,28)/t18-,19+/m1/s1. The molecule has 162 valence electrons. The van der Waals surface area contributed by atoms with Crippen LogP contribution in [0.15, 0.2) is 42.5 Å². The minimum atomic E-state index is -0.405. The van der Waals surface area contributed by atoms with E-state index in [1.54, 1.807) is 6.92 Å². The molecular weight excluding hydrogens is 430 g/mol. The molecule has 1 heterocycles. The Balaban J connectivity index is 1.62. The van der Waals surface area contributed by atoms with Crippen LogP contribution in [0, 0.1) is 5.92 Å². The molecule has 2 atom stereocenters. The summed E-state index contributed by atoms with van der Waals surface area (Å²) in [7, 11) is 0. The molecular formula is C25H26ClNO3S. The maximum Gasteiger partial charge on any atom is 0.341 e. The molecule has 2 aromatic carbocycles. The van der Waals surface area contributed by atoms with Gasteiger partial charge in [0.25, 0.3) is 0 Å². The molecule has 1 saturated carbocycles. The second-order valence-corrected chi connectivity index (χ2v) is 10.5. The van der Waals surface area contributed by atoms with Crippen molar-refractivity contribution in [2.75, 3.05) is 11.9 Å². The highest BCUT2D eigenvalue weighted by atomic mass is 35.5. The van der Waals surface area contributed by atoms with Gasteiger partial charge < -0.3 is 10.1 Å². The van der Waals surface area contributed by atoms with E-state index in [0.29, 0.717) is 15.6 Å². The predicted molar refractivity (Wildman–Crippen MR) is 127 cm³/mol. The predicted octanol–water partition coefficient (Wildman–Crippen LogP) is 6.77. The molecule has 0 bridgehead atoms. The first-order chi connectivity index (χ1) is 14.7. The van der Waals surface area contributed by atoms with E-state index < -0.39 is 5.97 Å². The number of hydrogen-bond acceptors (Lipinski definition) is 4. The SMILES string of the molecule is CCOC(=O)c1c(NC(=O)[C@H]2C[C@@H]2c2ccc(Cl)cc2)sc2cc(C(C)(C)C)ccc12. The van der Waals surface area contributed by atoms with Crippen molar-refractivity contribution in [3.8, 4) is 0 Å². The summed E-state index contributed by atoms with van der Waals surface area (Å²) in [5.74, 6) is -0.387. The van der Waals surface area contributed by atoms with Gasteiger partial charge in [-0.2, -0.15) is 0 Å². The first kappa shape index (κ1) is 21.8. The quantitative estimate of drug-likeness (QED) is 0.432. The Morgan fingerprint density at radius 2 is 1.87 bits per heavy atom. The number of amides is 1. The summed E-state index contributed by atoms with van der Waals surface area (Å²) >= 11 is 7.40. The van der Waals surface area contributed by atoms with Gasteiger partial charge in [-0.15, -0.1) is 11.3 Å². The highest BCUT2D eigenvalue weighted by Crippen LogP contribution is 2.49. The maximum atomic E-state index is 13.0. The van der Waals surface area contributed by atoms with Crippen molar-refractivity contribution in [1.29, 1.82) is 0 Å². The number of rotatable bonds is 5. The average molecular weight is 456 g/mol. The van der Waals surface area contributed by atoms with Crippen LogP contribution in [0.1, 0.15) is 61.5 Å². The number of anilines is 1. The smallest absolute Gasteiger partial charge is 0.341 e. The van der Waals surface area contributed by atoms with E-state index in [2.05, 4.69) is 32.2 Å². The number of carbonyl (C=O) groups is 2. The van der Waals surface area contributed by atoms with Crippen LogP contribution in [0.2, 0.25) is 5.02 Å². The maximum absolute atomic E-state index is 13.0. The van der Waals surface area contributed by atoms with Crippen LogP contribution in [0.4, 0.5) is 5.00 Å². The zero-order valence-electron chi connectivity index (χ0n) is 18.1. The van der Waals surface area contributed by atoms with Crippen molar-refractivity contribution in [1.82, 2.24) is 0 Å². The van der Waals surface area contributed by atoms with Gasteiger partial charge >= 0.3 is 5.97 Å². The van der Waals surface area contributed by atoms with Crippen molar-refractivity contribution in [2.24, 2.45) is 5.92 Å². The molecule has 0 spiro atoms. The number of halogens is 1. The van der Waals surface area contributed by atoms with Crippen molar-refractivity contribution < 1.29 is 14.3 Å². The number of fused-ring (bicyclic) bond motifs is 1. The molecule has 4 rings (SSSR count). The van der Waals surface area contributed by atoms with Gasteiger partial charge in [0, 0.05) is 21.0 Å². The Morgan fingerprint density at radius 3 is 2.52 bits per heavy atom. The van der Waals surface area contributed by atoms with Crippen molar-refractivity contribution >= 4 is 49.9 Å². The molecule has 6 heteroatoms. The molecule has 0 unspecified atom stereocenters. The lowest BCUT2D eigenvalue weighted by Crippen LogP contribution is -2.16. The van der Waals surface area contributed by atoms with Crippen molar-refractivity contribution in [3.05, 3.63) is 64.2 Å². The van der Waals surface area contributed by atoms with E-state index in [1.165, 1.54) is 16.9 Å². The third kappa shape index (κ3) is 4.48. The van der Waals surface area contributed by atoms with Crippen LogP contribution in [-0.2, 0) is 14.9 Å². The third-order valence-corrected chi connectivity index (χ3v) is 7.02. The van der Waals surface area contributed by atoms with Gasteiger partial charge in [-0.25, -0.2) is 4.79 Å². The average Bonchev–Trinajstić information content (AvgIpc) is 3.42. The fourth-order valence-electron chi connectivity index (χ4n) is 3.82. The normalized spacial score (nSPS) is 18.1. The highest BCUT2D eigenvalue weighted by Gasteiger charge is 2.44. The van der Waals surface area contributed by atoms with Crippen LogP contribution in [-0.4, -0.2) is 18.5 Å². The Hall–Kier alpha value is -2.37. The number of hydrogen-bond donors (Lipinski definition) is 1. The fraction of sp³-hybridized carbons (Fsp3) is 0.360. The summed E-state index contributed by atoms with van der Waals surface area (Å²) in [6.45, 7) is 8.52. The van der Waals surface area contributed by atoms with E-state index >= 15 is 0 Å². The molecule has 0 radical (unpaired) electrons. The second-order valence-electron chi connectivity index (χ2n) is 8.98. The van der Waals surface area contributed by atoms with E-state index in [-0.39, 0.29) is 29.8 Å². The van der Waals surface area contributed by atoms with E-state index in [4.69, 9.17) is 16.3 Å². The molecule has 0 saturated heterocycles. The van der Waals surface area contributed by atoms with E-state index in [9.17, 15) is 9.59 Å². The molecule has 0 aliphatic heterocycles. The lowest BCUT2D eigenvalue weighted by atomic mass is 9.87. The zero-order chi connectivity index (χ0) is 22.3. The Labute approximate surface area is 191 Å². The number of thiophene rings is 1. The molecule has 1 amide bonds. The number of esters is 1. The van der Waals surface area contributed by atoms with Crippen LogP contribution in [0.5, 0.6) is 0 Å². The molecule has 1 N–H and O–H groups in total. The van der Waals surface area contributed by atoms with Crippen molar-refractivity contribution in [3.63, 3.8) is 0 Å². The largest absolute Gasteiger partial charge is 0.462 e. The molecule has 1 aromatic heterocycles. The highest BCUT2D eigenvalue weighted by molar-refractivity contribution is 7.23. The van der Waals surface area contributed by atoms with Crippen LogP contribution in [0.25, 0.3) is 10.1 Å². The summed E-state index contributed by atoms with van der Waals surface area (Å²) in [5, 5.41) is 5.09. The Bertz CT molecular complexity index is 1140. The van der Waals surface area contributed by atoms with Crippen LogP contribution in [0.3, 0.4) is 0 Å². The van der Waals surface area contributed by atoms with Crippen molar-refractivity contribution in [2.45, 2.75) is 45.4 Å². The number of nitrogens with one attached hydrogen (secondary N) is 1. The summed E-state index contributed by atoms with van der Waals surface area (Å²) in [5.41, 5.74) is 2.73. The van der Waals surface area contributed by atoms with Gasteiger partial charge in [-0.1, -0.05) is 56.6 Å². The van der Waals surface area contributed by atoms with Crippen LogP contribution < -0.4 is 5.32 Å². The summed E-state index contributed by atoms with van der Waals surface area (Å²) in [6, 6.07) is 13.7. The Morgan fingerprint density at radius 1 is 1.16 bits per heavy atom. The third-order valence-electron chi connectivity index (χ3n) is 5.70. The van der Waals surface area contributed by atoms with Gasteiger partial charge in [-0.3, -0.25) is 4.79 Å². The topological polar surface area (TPSA) is 55.4 Å².